The number of rotatable bonds is 3. The van der Waals surface area contributed by atoms with Crippen LogP contribution in [0, 0.1) is 6.92 Å². The monoisotopic (exact) mass is 290 g/mol. The Kier molecular flexibility index (Phi) is 3.74. The maximum Gasteiger partial charge on any atom is 0.131 e. The molecule has 0 aliphatic rings. The van der Waals surface area contributed by atoms with Gasteiger partial charge in [-0.25, -0.2) is 4.98 Å². The molecule has 0 atom stereocenters. The fourth-order valence-electron chi connectivity index (χ4n) is 2.41. The second-order valence-electron chi connectivity index (χ2n) is 5.17. The number of pyridine rings is 2. The number of benzene rings is 1. The largest absolute Gasteiger partial charge is 0.388 e. The highest BCUT2D eigenvalue weighted by Gasteiger charge is 2.07. The van der Waals surface area contributed by atoms with E-state index in [1.165, 1.54) is 0 Å². The molecule has 0 aliphatic carbocycles. The van der Waals surface area contributed by atoms with Gasteiger partial charge in [-0.05, 0) is 48.4 Å². The standard InChI is InChI=1S/C18H18N4/c1-12-9-14(7-8-21-12)15-10-17(18(19)22-11-15)13-3-5-16(20-2)6-4-13/h3-11,20H,1-2H3,(H2,19,22). The molecule has 22 heavy (non-hydrogen) atoms. The van der Waals surface area contributed by atoms with Gasteiger partial charge in [-0.3, -0.25) is 4.98 Å². The Hall–Kier alpha value is -2.88. The van der Waals surface area contributed by atoms with Gasteiger partial charge in [0.05, 0.1) is 0 Å². The maximum absolute atomic E-state index is 6.06. The minimum absolute atomic E-state index is 0.534. The predicted molar refractivity (Wildman–Crippen MR) is 91.6 cm³/mol. The van der Waals surface area contributed by atoms with Crippen molar-refractivity contribution in [1.29, 1.82) is 0 Å². The summed E-state index contributed by atoms with van der Waals surface area (Å²) in [5.74, 6) is 0.534. The van der Waals surface area contributed by atoms with Crippen molar-refractivity contribution in [2.24, 2.45) is 0 Å². The molecule has 110 valence electrons. The van der Waals surface area contributed by atoms with Crippen LogP contribution in [0.1, 0.15) is 5.69 Å². The summed E-state index contributed by atoms with van der Waals surface area (Å²) in [6.45, 7) is 1.98. The van der Waals surface area contributed by atoms with Crippen molar-refractivity contribution in [3.8, 4) is 22.3 Å². The van der Waals surface area contributed by atoms with E-state index in [2.05, 4.69) is 21.4 Å². The summed E-state index contributed by atoms with van der Waals surface area (Å²) in [6.07, 6.45) is 3.61. The second-order valence-corrected chi connectivity index (χ2v) is 5.17. The van der Waals surface area contributed by atoms with Crippen LogP contribution >= 0.6 is 0 Å². The smallest absolute Gasteiger partial charge is 0.131 e. The Balaban J connectivity index is 2.06. The van der Waals surface area contributed by atoms with Crippen LogP contribution in [-0.2, 0) is 0 Å². The number of aromatic nitrogens is 2. The van der Waals surface area contributed by atoms with E-state index in [9.17, 15) is 0 Å². The van der Waals surface area contributed by atoms with Gasteiger partial charge in [0.15, 0.2) is 0 Å². The van der Waals surface area contributed by atoms with Crippen molar-refractivity contribution in [1.82, 2.24) is 9.97 Å². The molecule has 0 amide bonds. The Morgan fingerprint density at radius 2 is 1.68 bits per heavy atom. The molecule has 3 aromatic rings. The lowest BCUT2D eigenvalue weighted by atomic mass is 10.0. The van der Waals surface area contributed by atoms with Gasteiger partial charge < -0.3 is 11.1 Å². The fourth-order valence-corrected chi connectivity index (χ4v) is 2.41. The summed E-state index contributed by atoms with van der Waals surface area (Å²) in [6, 6.07) is 14.2. The third kappa shape index (κ3) is 2.76. The van der Waals surface area contributed by atoms with Crippen molar-refractivity contribution < 1.29 is 0 Å². The quantitative estimate of drug-likeness (QED) is 0.771. The van der Waals surface area contributed by atoms with Gasteiger partial charge in [-0.1, -0.05) is 12.1 Å². The van der Waals surface area contributed by atoms with Gasteiger partial charge in [0.1, 0.15) is 5.82 Å². The van der Waals surface area contributed by atoms with Gasteiger partial charge in [0.2, 0.25) is 0 Å². The number of aryl methyl sites for hydroxylation is 1. The zero-order chi connectivity index (χ0) is 15.5. The first-order valence-electron chi connectivity index (χ1n) is 7.14. The predicted octanol–water partition coefficient (Wildman–Crippen LogP) is 3.74. The number of hydrogen-bond acceptors (Lipinski definition) is 4. The van der Waals surface area contributed by atoms with Crippen LogP contribution in [0.15, 0.2) is 54.9 Å². The number of nitrogens with one attached hydrogen (secondary N) is 1. The summed E-state index contributed by atoms with van der Waals surface area (Å²) in [4.78, 5) is 8.58. The Morgan fingerprint density at radius 3 is 2.36 bits per heavy atom. The molecular formula is C18H18N4. The molecule has 0 saturated heterocycles. The number of hydrogen-bond donors (Lipinski definition) is 2. The third-order valence-corrected chi connectivity index (χ3v) is 3.63. The van der Waals surface area contributed by atoms with Gasteiger partial charge in [0, 0.05) is 41.9 Å². The van der Waals surface area contributed by atoms with Crippen molar-refractivity contribution in [2.75, 3.05) is 18.1 Å². The summed E-state index contributed by atoms with van der Waals surface area (Å²) >= 11 is 0. The molecule has 4 nitrogen and oxygen atoms in total. The van der Waals surface area contributed by atoms with E-state index in [-0.39, 0.29) is 0 Å². The highest BCUT2D eigenvalue weighted by molar-refractivity contribution is 5.79. The van der Waals surface area contributed by atoms with Gasteiger partial charge in [0.25, 0.3) is 0 Å². The number of nitrogens with zero attached hydrogens (tertiary/aromatic N) is 2. The van der Waals surface area contributed by atoms with E-state index in [4.69, 9.17) is 5.73 Å². The highest BCUT2D eigenvalue weighted by atomic mass is 14.8. The van der Waals surface area contributed by atoms with Gasteiger partial charge >= 0.3 is 0 Å². The van der Waals surface area contributed by atoms with Crippen LogP contribution in [-0.4, -0.2) is 17.0 Å². The number of nitrogen functional groups attached to an aromatic ring is 1. The van der Waals surface area contributed by atoms with Crippen molar-refractivity contribution >= 4 is 11.5 Å². The summed E-state index contributed by atoms with van der Waals surface area (Å²) in [7, 11) is 1.90. The molecule has 0 radical (unpaired) electrons. The van der Waals surface area contributed by atoms with Crippen LogP contribution in [0.2, 0.25) is 0 Å². The first-order chi connectivity index (χ1) is 10.7. The molecule has 0 fully saturated rings. The molecule has 2 heterocycles. The number of anilines is 2. The SMILES string of the molecule is CNc1ccc(-c2cc(-c3ccnc(C)c3)cnc2N)cc1. The lowest BCUT2D eigenvalue weighted by molar-refractivity contribution is 1.20. The maximum atomic E-state index is 6.06. The van der Waals surface area contributed by atoms with Crippen LogP contribution in [0.3, 0.4) is 0 Å². The highest BCUT2D eigenvalue weighted by Crippen LogP contribution is 2.30. The van der Waals surface area contributed by atoms with E-state index < -0.39 is 0 Å². The van der Waals surface area contributed by atoms with E-state index in [0.717, 1.165) is 33.6 Å². The molecule has 1 aromatic carbocycles. The number of nitrogens with two attached hydrogens (primary N) is 1. The van der Waals surface area contributed by atoms with Gasteiger partial charge in [-0.2, -0.15) is 0 Å². The molecule has 0 spiro atoms. The third-order valence-electron chi connectivity index (χ3n) is 3.63. The van der Waals surface area contributed by atoms with E-state index in [1.807, 2.05) is 56.6 Å². The van der Waals surface area contributed by atoms with Crippen LogP contribution in [0.25, 0.3) is 22.3 Å². The van der Waals surface area contributed by atoms with Crippen LogP contribution in [0.4, 0.5) is 11.5 Å². The molecule has 0 aliphatic heterocycles. The van der Waals surface area contributed by atoms with Gasteiger partial charge in [-0.15, -0.1) is 0 Å². The first-order valence-corrected chi connectivity index (χ1v) is 7.14. The Labute approximate surface area is 130 Å². The molecule has 3 rings (SSSR count). The zero-order valence-electron chi connectivity index (χ0n) is 12.7. The summed E-state index contributed by atoms with van der Waals surface area (Å²) < 4.78 is 0. The lowest BCUT2D eigenvalue weighted by Crippen LogP contribution is -1.95. The first kappa shape index (κ1) is 14.1. The Bertz CT molecular complexity index is 794. The normalized spacial score (nSPS) is 10.5. The minimum atomic E-state index is 0.534. The fraction of sp³-hybridized carbons (Fsp3) is 0.111. The summed E-state index contributed by atoms with van der Waals surface area (Å²) in [5.41, 5.74) is 12.2. The van der Waals surface area contributed by atoms with E-state index >= 15 is 0 Å². The van der Waals surface area contributed by atoms with E-state index in [0.29, 0.717) is 5.82 Å². The second kappa shape index (κ2) is 5.85. The zero-order valence-corrected chi connectivity index (χ0v) is 12.7. The van der Waals surface area contributed by atoms with Crippen molar-refractivity contribution in [3.05, 3.63) is 60.6 Å². The summed E-state index contributed by atoms with van der Waals surface area (Å²) in [5, 5.41) is 3.11. The molecule has 2 aromatic heterocycles. The topological polar surface area (TPSA) is 63.8 Å². The molecule has 0 saturated carbocycles. The molecule has 0 unspecified atom stereocenters. The molecule has 4 heteroatoms. The Morgan fingerprint density at radius 1 is 0.909 bits per heavy atom. The average molecular weight is 290 g/mol. The van der Waals surface area contributed by atoms with Crippen LogP contribution in [0.5, 0.6) is 0 Å². The lowest BCUT2D eigenvalue weighted by Gasteiger charge is -2.09. The molecule has 3 N–H and O–H groups in total. The van der Waals surface area contributed by atoms with Crippen LogP contribution < -0.4 is 11.1 Å². The average Bonchev–Trinajstić information content (AvgIpc) is 2.55. The van der Waals surface area contributed by atoms with Crippen molar-refractivity contribution in [3.63, 3.8) is 0 Å². The van der Waals surface area contributed by atoms with Crippen molar-refractivity contribution in [2.45, 2.75) is 6.92 Å². The minimum Gasteiger partial charge on any atom is -0.388 e. The molecular weight excluding hydrogens is 272 g/mol. The van der Waals surface area contributed by atoms with E-state index in [1.54, 1.807) is 6.20 Å². The molecule has 0 bridgehead atoms.